The minimum Gasteiger partial charge on any atom is -0.355 e. The lowest BCUT2D eigenvalue weighted by atomic mass is 9.98. The van der Waals surface area contributed by atoms with Crippen molar-refractivity contribution in [2.45, 2.75) is 84.7 Å². The first kappa shape index (κ1) is 29.2. The molecule has 1 aromatic carbocycles. The minimum atomic E-state index is -1.18. The Morgan fingerprint density at radius 2 is 1.55 bits per heavy atom. The van der Waals surface area contributed by atoms with Crippen LogP contribution in [0.4, 0.5) is 0 Å². The van der Waals surface area contributed by atoms with Gasteiger partial charge in [-0.05, 0) is 46.6 Å². The van der Waals surface area contributed by atoms with Crippen LogP contribution >= 0.6 is 8.53 Å². The van der Waals surface area contributed by atoms with E-state index in [0.717, 1.165) is 32.1 Å². The van der Waals surface area contributed by atoms with Gasteiger partial charge in [-0.2, -0.15) is 5.26 Å². The molecule has 33 heavy (non-hydrogen) atoms. The molecule has 0 heterocycles. The van der Waals surface area contributed by atoms with Gasteiger partial charge in [0.2, 0.25) is 0 Å². The maximum absolute atomic E-state index is 12.5. The maximum Gasteiger partial charge on any atom is 0.259 e. The van der Waals surface area contributed by atoms with Crippen molar-refractivity contribution < 1.29 is 18.6 Å². The van der Waals surface area contributed by atoms with E-state index >= 15 is 0 Å². The highest BCUT2D eigenvalue weighted by atomic mass is 31.2. The number of nitrogens with one attached hydrogen (secondary N) is 1. The first-order valence-electron chi connectivity index (χ1n) is 11.9. The Labute approximate surface area is 200 Å². The zero-order valence-electron chi connectivity index (χ0n) is 20.8. The van der Waals surface area contributed by atoms with E-state index in [1.54, 1.807) is 31.3 Å². The minimum absolute atomic E-state index is 0.0140. The van der Waals surface area contributed by atoms with Gasteiger partial charge in [0.05, 0.1) is 31.3 Å². The molecule has 1 N–H and O–H groups in total. The summed E-state index contributed by atoms with van der Waals surface area (Å²) in [5.41, 5.74) is 0.933. The molecule has 0 aliphatic carbocycles. The van der Waals surface area contributed by atoms with Crippen LogP contribution in [0, 0.1) is 11.3 Å². The van der Waals surface area contributed by atoms with Crippen LogP contribution in [0.1, 0.15) is 93.4 Å². The molecule has 7 nitrogen and oxygen atoms in total. The number of hydrogen-bond donors (Lipinski definition) is 1. The van der Waals surface area contributed by atoms with Crippen LogP contribution < -0.4 is 5.32 Å². The predicted octanol–water partition coefficient (Wildman–Crippen LogP) is 5.86. The molecule has 0 bridgehead atoms. The van der Waals surface area contributed by atoms with Crippen molar-refractivity contribution in [2.24, 2.45) is 0 Å². The third-order valence-electron chi connectivity index (χ3n) is 5.11. The van der Waals surface area contributed by atoms with Crippen LogP contribution in [0.15, 0.2) is 24.3 Å². The highest BCUT2D eigenvalue weighted by Crippen LogP contribution is 2.46. The first-order chi connectivity index (χ1) is 15.8. The molecule has 0 aliphatic heterocycles. The van der Waals surface area contributed by atoms with Gasteiger partial charge < -0.3 is 14.4 Å². The van der Waals surface area contributed by atoms with Crippen molar-refractivity contribution in [3.05, 3.63) is 35.4 Å². The number of nitriles is 1. The highest BCUT2D eigenvalue weighted by molar-refractivity contribution is 7.44. The number of carbonyl (C=O) groups excluding carboxylic acids is 2. The molecule has 1 rings (SSSR count). The van der Waals surface area contributed by atoms with Crippen LogP contribution in [0.25, 0.3) is 0 Å². The van der Waals surface area contributed by atoms with E-state index in [1.807, 2.05) is 0 Å². The van der Waals surface area contributed by atoms with E-state index in [2.05, 4.69) is 43.8 Å². The maximum atomic E-state index is 12.5. The largest absolute Gasteiger partial charge is 0.355 e. The van der Waals surface area contributed by atoms with Gasteiger partial charge in [-0.15, -0.1) is 0 Å². The molecule has 0 saturated heterocycles. The second-order valence-electron chi connectivity index (χ2n) is 8.45. The van der Waals surface area contributed by atoms with Gasteiger partial charge in [0.15, 0.2) is 5.78 Å². The summed E-state index contributed by atoms with van der Waals surface area (Å²) in [5.74, 6) is -0.218. The number of nitrogens with zero attached hydrogens (tertiary/aromatic N) is 2. The lowest BCUT2D eigenvalue weighted by Crippen LogP contribution is -2.33. The van der Waals surface area contributed by atoms with E-state index in [9.17, 15) is 9.59 Å². The Morgan fingerprint density at radius 1 is 0.970 bits per heavy atom. The Morgan fingerprint density at radius 3 is 2.15 bits per heavy atom. The number of Topliss-reactive ketones (excluding diaryl/α,β-unsaturated/α-hetero) is 1. The Hall–Kier alpha value is -1.84. The first-order valence-corrected chi connectivity index (χ1v) is 13.0. The van der Waals surface area contributed by atoms with Crippen molar-refractivity contribution in [1.29, 1.82) is 5.26 Å². The highest BCUT2D eigenvalue weighted by Gasteiger charge is 2.26. The van der Waals surface area contributed by atoms with E-state index in [1.165, 1.54) is 0 Å². The van der Waals surface area contributed by atoms with Gasteiger partial charge >= 0.3 is 0 Å². The summed E-state index contributed by atoms with van der Waals surface area (Å²) in [6.45, 7) is 9.50. The van der Waals surface area contributed by atoms with Crippen molar-refractivity contribution in [1.82, 2.24) is 9.99 Å². The lowest BCUT2D eigenvalue weighted by Gasteiger charge is -2.35. The average Bonchev–Trinajstić information content (AvgIpc) is 2.79. The van der Waals surface area contributed by atoms with E-state index in [0.29, 0.717) is 49.3 Å². The summed E-state index contributed by atoms with van der Waals surface area (Å²) >= 11 is 0. The number of rotatable bonds is 17. The summed E-state index contributed by atoms with van der Waals surface area (Å²) in [5, 5.41) is 11.4. The molecule has 1 atom stereocenters. The van der Waals surface area contributed by atoms with Crippen LogP contribution in [0.2, 0.25) is 0 Å². The van der Waals surface area contributed by atoms with Crippen molar-refractivity contribution in [3.8, 4) is 6.07 Å². The summed E-state index contributed by atoms with van der Waals surface area (Å²) in [7, 11) is 0.386. The molecule has 0 aromatic heterocycles. The molecule has 184 valence electrons. The number of ketones is 1. The zero-order valence-corrected chi connectivity index (χ0v) is 21.7. The third-order valence-corrected chi connectivity index (χ3v) is 7.22. The fourth-order valence-electron chi connectivity index (χ4n) is 3.57. The third kappa shape index (κ3) is 10.8. The molecule has 1 unspecified atom stereocenters. The zero-order chi connectivity index (χ0) is 24.6. The summed E-state index contributed by atoms with van der Waals surface area (Å²) in [4.78, 5) is 24.5. The van der Waals surface area contributed by atoms with Gasteiger partial charge in [-0.1, -0.05) is 37.5 Å². The van der Waals surface area contributed by atoms with E-state index in [-0.39, 0.29) is 11.7 Å². The molecular weight excluding hydrogens is 437 g/mol. The summed E-state index contributed by atoms with van der Waals surface area (Å²) in [6.07, 6.45) is 5.55. The molecule has 1 aromatic rings. The normalized spacial score (nSPS) is 12.2. The van der Waals surface area contributed by atoms with Crippen LogP contribution in [-0.2, 0) is 9.05 Å². The van der Waals surface area contributed by atoms with Crippen molar-refractivity contribution >= 4 is 20.2 Å². The fourth-order valence-corrected chi connectivity index (χ4v) is 5.20. The standard InChI is InChI=1S/C25H40N3O4P/c1-20(2)28(21(3)4)33(32-19-13-17-26)31-18-12-8-6-7-9-16-24(29)22-14-10-11-15-23(22)25(30)27-5/h10-11,14-15,20-21H,6-9,12-13,16,18-19H2,1-5H3,(H,27,30). The Balaban J connectivity index is 2.35. The smallest absolute Gasteiger partial charge is 0.259 e. The lowest BCUT2D eigenvalue weighted by molar-refractivity contribution is 0.0936. The fraction of sp³-hybridized carbons (Fsp3) is 0.640. The second-order valence-corrected chi connectivity index (χ2v) is 9.90. The van der Waals surface area contributed by atoms with Gasteiger partial charge in [0.1, 0.15) is 0 Å². The van der Waals surface area contributed by atoms with Crippen molar-refractivity contribution in [3.63, 3.8) is 0 Å². The quantitative estimate of drug-likeness (QED) is 0.172. The molecule has 1 amide bonds. The van der Waals surface area contributed by atoms with Crippen LogP contribution in [-0.4, -0.2) is 48.7 Å². The molecule has 8 heteroatoms. The van der Waals surface area contributed by atoms with Crippen LogP contribution in [0.5, 0.6) is 0 Å². The topological polar surface area (TPSA) is 91.7 Å². The van der Waals surface area contributed by atoms with E-state index < -0.39 is 8.53 Å². The Kier molecular flexibility index (Phi) is 14.8. The molecule has 0 aliphatic rings. The monoisotopic (exact) mass is 477 g/mol. The van der Waals surface area contributed by atoms with Gasteiger partial charge in [0, 0.05) is 31.1 Å². The predicted molar refractivity (Wildman–Crippen MR) is 133 cm³/mol. The molecule has 0 fully saturated rings. The van der Waals surface area contributed by atoms with Gasteiger partial charge in [-0.25, -0.2) is 4.67 Å². The van der Waals surface area contributed by atoms with Gasteiger partial charge in [0.25, 0.3) is 14.4 Å². The molecular formula is C25H40N3O4P. The number of hydrogen-bond acceptors (Lipinski definition) is 6. The Bertz CT molecular complexity index is 756. The summed E-state index contributed by atoms with van der Waals surface area (Å²) < 4.78 is 14.2. The number of carbonyl (C=O) groups is 2. The average molecular weight is 478 g/mol. The SMILES string of the molecule is CNC(=O)c1ccccc1C(=O)CCCCCCCOP(OCCC#N)N(C(C)C)C(C)C. The second kappa shape index (κ2) is 16.7. The number of benzene rings is 1. The summed E-state index contributed by atoms with van der Waals surface area (Å²) in [6, 6.07) is 9.67. The molecule has 0 radical (unpaired) electrons. The molecule has 0 saturated carbocycles. The molecule has 0 spiro atoms. The van der Waals surface area contributed by atoms with Gasteiger partial charge in [-0.3, -0.25) is 9.59 Å². The van der Waals surface area contributed by atoms with Crippen LogP contribution in [0.3, 0.4) is 0 Å². The van der Waals surface area contributed by atoms with E-state index in [4.69, 9.17) is 14.3 Å². The number of amides is 1. The van der Waals surface area contributed by atoms with Crippen molar-refractivity contribution in [2.75, 3.05) is 20.3 Å². The number of unbranched alkanes of at least 4 members (excludes halogenated alkanes) is 4.